The van der Waals surface area contributed by atoms with E-state index >= 15 is 0 Å². The monoisotopic (exact) mass is 442 g/mol. The predicted octanol–water partition coefficient (Wildman–Crippen LogP) is 5.00. The Kier molecular flexibility index (Phi) is 6.58. The van der Waals surface area contributed by atoms with Gasteiger partial charge >= 0.3 is 0 Å². The van der Waals surface area contributed by atoms with Gasteiger partial charge in [-0.3, -0.25) is 14.7 Å². The van der Waals surface area contributed by atoms with E-state index in [1.807, 2.05) is 12.1 Å². The molecule has 1 saturated heterocycles. The van der Waals surface area contributed by atoms with Crippen molar-refractivity contribution in [3.05, 3.63) is 77.9 Å². The maximum atomic E-state index is 13.7. The highest BCUT2D eigenvalue weighted by Crippen LogP contribution is 2.26. The lowest BCUT2D eigenvalue weighted by atomic mass is 9.94. The minimum absolute atomic E-state index is 0.146. The van der Waals surface area contributed by atoms with Crippen LogP contribution in [0.3, 0.4) is 0 Å². The molecule has 0 unspecified atom stereocenters. The van der Waals surface area contributed by atoms with Gasteiger partial charge < -0.3 is 9.47 Å². The first-order valence-corrected chi connectivity index (χ1v) is 12.4. The Labute approximate surface area is 197 Å². The quantitative estimate of drug-likeness (QED) is 0.559. The molecule has 0 spiro atoms. The zero-order valence-electron chi connectivity index (χ0n) is 19.6. The van der Waals surface area contributed by atoms with Crippen molar-refractivity contribution in [1.82, 2.24) is 19.4 Å². The molecule has 0 atom stereocenters. The predicted molar refractivity (Wildman–Crippen MR) is 132 cm³/mol. The maximum Gasteiger partial charge on any atom is 0.270 e. The lowest BCUT2D eigenvalue weighted by molar-refractivity contribution is 0.0515. The highest BCUT2D eigenvalue weighted by atomic mass is 16.2. The average molecular weight is 443 g/mol. The van der Waals surface area contributed by atoms with Crippen molar-refractivity contribution in [3.8, 4) is 11.1 Å². The number of nitrogens with zero attached hydrogens (tertiary/aromatic N) is 4. The maximum absolute atomic E-state index is 13.7. The second-order valence-corrected chi connectivity index (χ2v) is 9.52. The summed E-state index contributed by atoms with van der Waals surface area (Å²) in [7, 11) is 0. The number of hydrogen-bond acceptors (Lipinski definition) is 3. The van der Waals surface area contributed by atoms with E-state index in [2.05, 4.69) is 62.8 Å². The summed E-state index contributed by atoms with van der Waals surface area (Å²) < 4.78 is 2.13. The van der Waals surface area contributed by atoms with Gasteiger partial charge in [0.1, 0.15) is 5.69 Å². The van der Waals surface area contributed by atoms with Gasteiger partial charge in [-0.1, -0.05) is 43.5 Å². The summed E-state index contributed by atoms with van der Waals surface area (Å²) >= 11 is 0. The summed E-state index contributed by atoms with van der Waals surface area (Å²) in [5.41, 5.74) is 5.41. The number of pyridine rings is 1. The van der Waals surface area contributed by atoms with Crippen molar-refractivity contribution in [2.24, 2.45) is 0 Å². The number of hydrogen-bond donors (Lipinski definition) is 0. The Balaban J connectivity index is 1.37. The van der Waals surface area contributed by atoms with Crippen LogP contribution in [0.2, 0.25) is 0 Å². The molecular weight excluding hydrogens is 408 g/mol. The second-order valence-electron chi connectivity index (χ2n) is 9.52. The molecule has 1 saturated carbocycles. The zero-order chi connectivity index (χ0) is 22.6. The molecule has 1 aromatic carbocycles. The van der Waals surface area contributed by atoms with Crippen LogP contribution < -0.4 is 0 Å². The summed E-state index contributed by atoms with van der Waals surface area (Å²) in [4.78, 5) is 22.5. The van der Waals surface area contributed by atoms with Crippen LogP contribution in [-0.2, 0) is 6.54 Å². The zero-order valence-corrected chi connectivity index (χ0v) is 19.6. The third kappa shape index (κ3) is 4.88. The van der Waals surface area contributed by atoms with E-state index in [9.17, 15) is 4.79 Å². The number of aromatic nitrogens is 2. The molecule has 0 radical (unpaired) electrons. The third-order valence-electron chi connectivity index (χ3n) is 7.42. The lowest BCUT2D eigenvalue weighted by Crippen LogP contribution is -2.52. The number of amides is 1. The Hall–Kier alpha value is -2.92. The first-order chi connectivity index (χ1) is 16.2. The minimum Gasteiger partial charge on any atom is -0.338 e. The standard InChI is InChI=1S/C28H34N4O/c1-22-7-5-6-8-24(22)20-32-21-25(23-11-13-29-14-12-23)19-27(32)28(33)31-17-15-30(16-18-31)26-9-3-2-4-10-26/h5-8,11-14,19,21,26H,2-4,9-10,15-18,20H2,1H3. The molecule has 2 aliphatic rings. The Morgan fingerprint density at radius 1 is 0.939 bits per heavy atom. The summed E-state index contributed by atoms with van der Waals surface area (Å²) in [6, 6.07) is 15.2. The van der Waals surface area contributed by atoms with Crippen LogP contribution in [0.25, 0.3) is 11.1 Å². The van der Waals surface area contributed by atoms with E-state index in [1.165, 1.54) is 43.2 Å². The Bertz CT molecular complexity index is 1080. The molecule has 172 valence electrons. The van der Waals surface area contributed by atoms with Gasteiger partial charge in [0.05, 0.1) is 0 Å². The SMILES string of the molecule is Cc1ccccc1Cn1cc(-c2ccncc2)cc1C(=O)N1CCN(C2CCCCC2)CC1. The van der Waals surface area contributed by atoms with Gasteiger partial charge in [-0.15, -0.1) is 0 Å². The molecule has 2 aromatic heterocycles. The summed E-state index contributed by atoms with van der Waals surface area (Å²) in [5.74, 6) is 0.146. The molecule has 33 heavy (non-hydrogen) atoms. The van der Waals surface area contributed by atoms with Gasteiger partial charge in [0.15, 0.2) is 0 Å². The fourth-order valence-corrected chi connectivity index (χ4v) is 5.39. The smallest absolute Gasteiger partial charge is 0.270 e. The van der Waals surface area contributed by atoms with Crippen LogP contribution in [0, 0.1) is 6.92 Å². The van der Waals surface area contributed by atoms with Crippen molar-refractivity contribution in [2.45, 2.75) is 51.6 Å². The first-order valence-electron chi connectivity index (χ1n) is 12.4. The molecule has 5 heteroatoms. The van der Waals surface area contributed by atoms with Crippen LogP contribution in [-0.4, -0.2) is 57.5 Å². The minimum atomic E-state index is 0.146. The van der Waals surface area contributed by atoms with Gasteiger partial charge in [0.2, 0.25) is 0 Å². The van der Waals surface area contributed by atoms with E-state index in [4.69, 9.17) is 0 Å². The molecule has 5 nitrogen and oxygen atoms in total. The van der Waals surface area contributed by atoms with E-state index in [-0.39, 0.29) is 5.91 Å². The largest absolute Gasteiger partial charge is 0.338 e. The highest BCUT2D eigenvalue weighted by Gasteiger charge is 2.29. The molecule has 1 aliphatic heterocycles. The lowest BCUT2D eigenvalue weighted by Gasteiger charge is -2.40. The molecule has 3 heterocycles. The fourth-order valence-electron chi connectivity index (χ4n) is 5.39. The Morgan fingerprint density at radius 3 is 2.39 bits per heavy atom. The Morgan fingerprint density at radius 2 is 1.67 bits per heavy atom. The normalized spacial score (nSPS) is 17.9. The van der Waals surface area contributed by atoms with Crippen LogP contribution in [0.5, 0.6) is 0 Å². The molecule has 3 aromatic rings. The van der Waals surface area contributed by atoms with Crippen LogP contribution in [0.4, 0.5) is 0 Å². The van der Waals surface area contributed by atoms with E-state index in [1.54, 1.807) is 12.4 Å². The van der Waals surface area contributed by atoms with Crippen LogP contribution in [0.1, 0.15) is 53.7 Å². The topological polar surface area (TPSA) is 41.4 Å². The number of rotatable bonds is 5. The van der Waals surface area contributed by atoms with Crippen molar-refractivity contribution >= 4 is 5.91 Å². The number of carbonyl (C=O) groups is 1. The molecule has 0 bridgehead atoms. The first kappa shape index (κ1) is 21.9. The van der Waals surface area contributed by atoms with Crippen LogP contribution in [0.15, 0.2) is 61.1 Å². The van der Waals surface area contributed by atoms with Crippen molar-refractivity contribution in [3.63, 3.8) is 0 Å². The van der Waals surface area contributed by atoms with Gasteiger partial charge in [-0.25, -0.2) is 0 Å². The van der Waals surface area contributed by atoms with Gasteiger partial charge in [-0.05, 0) is 54.7 Å². The van der Waals surface area contributed by atoms with E-state index < -0.39 is 0 Å². The molecule has 1 aliphatic carbocycles. The second kappa shape index (κ2) is 9.92. The summed E-state index contributed by atoms with van der Waals surface area (Å²) in [6.07, 6.45) is 12.5. The van der Waals surface area contributed by atoms with E-state index in [0.29, 0.717) is 6.54 Å². The van der Waals surface area contributed by atoms with Crippen molar-refractivity contribution < 1.29 is 4.79 Å². The highest BCUT2D eigenvalue weighted by molar-refractivity contribution is 5.94. The molecule has 1 amide bonds. The van der Waals surface area contributed by atoms with Crippen molar-refractivity contribution in [1.29, 1.82) is 0 Å². The third-order valence-corrected chi connectivity index (χ3v) is 7.42. The van der Waals surface area contributed by atoms with E-state index in [0.717, 1.165) is 49.0 Å². The molecular formula is C28H34N4O. The van der Waals surface area contributed by atoms with Gasteiger partial charge in [0.25, 0.3) is 5.91 Å². The molecule has 5 rings (SSSR count). The average Bonchev–Trinajstić information content (AvgIpc) is 3.30. The number of piperazine rings is 1. The number of aryl methyl sites for hydroxylation is 1. The van der Waals surface area contributed by atoms with Gasteiger partial charge in [-0.2, -0.15) is 0 Å². The fraction of sp³-hybridized carbons (Fsp3) is 0.429. The molecule has 2 fully saturated rings. The van der Waals surface area contributed by atoms with Crippen molar-refractivity contribution in [2.75, 3.05) is 26.2 Å². The summed E-state index contributed by atoms with van der Waals surface area (Å²) in [6.45, 7) is 6.44. The van der Waals surface area contributed by atoms with Crippen LogP contribution >= 0.6 is 0 Å². The number of carbonyl (C=O) groups excluding carboxylic acids is 1. The molecule has 0 N–H and O–H groups in total. The van der Waals surface area contributed by atoms with Gasteiger partial charge in [0, 0.05) is 62.9 Å². The summed E-state index contributed by atoms with van der Waals surface area (Å²) in [5, 5.41) is 0. The number of benzene rings is 1.